The second-order valence-corrected chi connectivity index (χ2v) is 4.66. The average Bonchev–Trinajstić information content (AvgIpc) is 2.77. The predicted molar refractivity (Wildman–Crippen MR) is 68.3 cm³/mol. The SMILES string of the molecule is CCN(CCO)Cc1nc2ccsc2c(=O)[nH]1. The fraction of sp³-hybridized carbons (Fsp3) is 0.455. The zero-order chi connectivity index (χ0) is 12.3. The van der Waals surface area contributed by atoms with E-state index in [2.05, 4.69) is 9.97 Å². The molecule has 0 aromatic carbocycles. The van der Waals surface area contributed by atoms with Crippen LogP contribution in [-0.4, -0.2) is 39.7 Å². The van der Waals surface area contributed by atoms with Crippen LogP contribution in [0.5, 0.6) is 0 Å². The molecule has 2 heterocycles. The van der Waals surface area contributed by atoms with Crippen LogP contribution in [0.1, 0.15) is 12.7 Å². The van der Waals surface area contributed by atoms with Gasteiger partial charge in [0.2, 0.25) is 0 Å². The summed E-state index contributed by atoms with van der Waals surface area (Å²) >= 11 is 1.40. The van der Waals surface area contributed by atoms with Crippen LogP contribution in [0.25, 0.3) is 10.2 Å². The van der Waals surface area contributed by atoms with Gasteiger partial charge >= 0.3 is 0 Å². The molecule has 2 aromatic heterocycles. The number of likely N-dealkylation sites (N-methyl/N-ethyl adjacent to an activating group) is 1. The summed E-state index contributed by atoms with van der Waals surface area (Å²) in [5.74, 6) is 0.649. The summed E-state index contributed by atoms with van der Waals surface area (Å²) in [6.07, 6.45) is 0. The van der Waals surface area contributed by atoms with Crippen molar-refractivity contribution in [3.05, 3.63) is 27.6 Å². The van der Waals surface area contributed by atoms with Crippen LogP contribution >= 0.6 is 11.3 Å². The van der Waals surface area contributed by atoms with Crippen LogP contribution in [-0.2, 0) is 6.54 Å². The highest BCUT2D eigenvalue weighted by Gasteiger charge is 2.08. The van der Waals surface area contributed by atoms with Gasteiger partial charge in [-0.15, -0.1) is 11.3 Å². The van der Waals surface area contributed by atoms with Gasteiger partial charge in [0.25, 0.3) is 5.56 Å². The zero-order valence-corrected chi connectivity index (χ0v) is 10.5. The van der Waals surface area contributed by atoms with E-state index in [4.69, 9.17) is 5.11 Å². The molecule has 5 nitrogen and oxygen atoms in total. The first-order valence-corrected chi connectivity index (χ1v) is 6.42. The van der Waals surface area contributed by atoms with Crippen molar-refractivity contribution in [2.45, 2.75) is 13.5 Å². The number of hydrogen-bond donors (Lipinski definition) is 2. The third-order valence-electron chi connectivity index (χ3n) is 2.60. The summed E-state index contributed by atoms with van der Waals surface area (Å²) in [6, 6.07) is 1.85. The Hall–Kier alpha value is -1.24. The molecule has 0 saturated heterocycles. The number of fused-ring (bicyclic) bond motifs is 1. The summed E-state index contributed by atoms with van der Waals surface area (Å²) in [5, 5.41) is 10.8. The van der Waals surface area contributed by atoms with Crippen molar-refractivity contribution < 1.29 is 5.11 Å². The van der Waals surface area contributed by atoms with Crippen molar-refractivity contribution in [3.8, 4) is 0 Å². The topological polar surface area (TPSA) is 69.2 Å². The standard InChI is InChI=1S/C11H15N3O2S/c1-2-14(4-5-15)7-9-12-8-3-6-17-10(8)11(16)13-9/h3,6,15H,2,4-5,7H2,1H3,(H,12,13,16). The summed E-state index contributed by atoms with van der Waals surface area (Å²) < 4.78 is 0.666. The first-order chi connectivity index (χ1) is 8.24. The highest BCUT2D eigenvalue weighted by molar-refractivity contribution is 7.17. The smallest absolute Gasteiger partial charge is 0.268 e. The highest BCUT2D eigenvalue weighted by atomic mass is 32.1. The van der Waals surface area contributed by atoms with Gasteiger partial charge in [0.05, 0.1) is 18.7 Å². The first-order valence-electron chi connectivity index (χ1n) is 5.54. The quantitative estimate of drug-likeness (QED) is 0.827. The summed E-state index contributed by atoms with van der Waals surface area (Å²) in [4.78, 5) is 20.9. The molecule has 0 bridgehead atoms. The van der Waals surface area contributed by atoms with Gasteiger partial charge in [-0.3, -0.25) is 9.69 Å². The van der Waals surface area contributed by atoms with Crippen LogP contribution in [0.4, 0.5) is 0 Å². The molecule has 0 amide bonds. The molecule has 2 aromatic rings. The molecule has 0 spiro atoms. The molecule has 0 radical (unpaired) electrons. The Bertz CT molecular complexity index is 549. The Morgan fingerprint density at radius 3 is 3.12 bits per heavy atom. The number of aliphatic hydroxyl groups is 1. The highest BCUT2D eigenvalue weighted by Crippen LogP contribution is 2.13. The van der Waals surface area contributed by atoms with Crippen LogP contribution in [0, 0.1) is 0 Å². The molecule has 0 aliphatic carbocycles. The molecule has 0 atom stereocenters. The van der Waals surface area contributed by atoms with Crippen molar-refractivity contribution in [1.82, 2.24) is 14.9 Å². The largest absolute Gasteiger partial charge is 0.395 e. The Kier molecular flexibility index (Phi) is 3.88. The monoisotopic (exact) mass is 253 g/mol. The van der Waals surface area contributed by atoms with Crippen LogP contribution in [0.15, 0.2) is 16.2 Å². The van der Waals surface area contributed by atoms with Gasteiger partial charge in [-0.2, -0.15) is 0 Å². The number of rotatable bonds is 5. The number of thiophene rings is 1. The van der Waals surface area contributed by atoms with Gasteiger partial charge in [0.1, 0.15) is 10.5 Å². The number of nitrogens with one attached hydrogen (secondary N) is 1. The number of H-pyrrole nitrogens is 1. The molecule has 0 fully saturated rings. The lowest BCUT2D eigenvalue weighted by Crippen LogP contribution is -2.28. The third kappa shape index (κ3) is 2.71. The van der Waals surface area contributed by atoms with Crippen LogP contribution < -0.4 is 5.56 Å². The Morgan fingerprint density at radius 1 is 1.59 bits per heavy atom. The van der Waals surface area contributed by atoms with Gasteiger partial charge < -0.3 is 10.1 Å². The van der Waals surface area contributed by atoms with Gasteiger partial charge in [-0.25, -0.2) is 4.98 Å². The predicted octanol–water partition coefficient (Wildman–Crippen LogP) is 0.799. The first kappa shape index (κ1) is 12.2. The van der Waals surface area contributed by atoms with Crippen molar-refractivity contribution >= 4 is 21.6 Å². The van der Waals surface area contributed by atoms with E-state index >= 15 is 0 Å². The van der Waals surface area contributed by atoms with E-state index in [-0.39, 0.29) is 12.2 Å². The molecular weight excluding hydrogens is 238 g/mol. The van der Waals surface area contributed by atoms with E-state index in [1.165, 1.54) is 11.3 Å². The lowest BCUT2D eigenvalue weighted by atomic mass is 10.4. The molecule has 0 saturated carbocycles. The molecule has 2 N–H and O–H groups in total. The lowest BCUT2D eigenvalue weighted by Gasteiger charge is -2.17. The average molecular weight is 253 g/mol. The second-order valence-electron chi connectivity index (χ2n) is 3.74. The second kappa shape index (κ2) is 5.39. The maximum absolute atomic E-state index is 11.7. The normalized spacial score (nSPS) is 11.5. The van der Waals surface area contributed by atoms with E-state index in [9.17, 15) is 4.79 Å². The maximum Gasteiger partial charge on any atom is 0.268 e. The minimum atomic E-state index is -0.0833. The minimum absolute atomic E-state index is 0.0833. The van der Waals surface area contributed by atoms with Crippen molar-refractivity contribution in [2.75, 3.05) is 19.7 Å². The van der Waals surface area contributed by atoms with E-state index in [1.807, 2.05) is 23.3 Å². The summed E-state index contributed by atoms with van der Waals surface area (Å²) in [6.45, 7) is 4.07. The fourth-order valence-corrected chi connectivity index (χ4v) is 2.42. The molecule has 0 aliphatic rings. The van der Waals surface area contributed by atoms with E-state index in [1.54, 1.807) is 0 Å². The number of aromatic amines is 1. The maximum atomic E-state index is 11.7. The molecule has 2 rings (SSSR count). The number of nitrogens with zero attached hydrogens (tertiary/aromatic N) is 2. The summed E-state index contributed by atoms with van der Waals surface area (Å²) in [5.41, 5.74) is 0.661. The molecule has 17 heavy (non-hydrogen) atoms. The Labute approximate surface area is 103 Å². The van der Waals surface area contributed by atoms with E-state index < -0.39 is 0 Å². The molecule has 92 valence electrons. The minimum Gasteiger partial charge on any atom is -0.395 e. The Balaban J connectivity index is 2.26. The summed E-state index contributed by atoms with van der Waals surface area (Å²) in [7, 11) is 0. The number of aliphatic hydroxyl groups excluding tert-OH is 1. The van der Waals surface area contributed by atoms with Crippen molar-refractivity contribution in [3.63, 3.8) is 0 Å². The van der Waals surface area contributed by atoms with E-state index in [0.717, 1.165) is 12.1 Å². The fourth-order valence-electron chi connectivity index (χ4n) is 1.70. The van der Waals surface area contributed by atoms with Gasteiger partial charge in [-0.1, -0.05) is 6.92 Å². The molecular formula is C11H15N3O2S. The van der Waals surface area contributed by atoms with Crippen LogP contribution in [0.2, 0.25) is 0 Å². The molecule has 0 aliphatic heterocycles. The van der Waals surface area contributed by atoms with Gasteiger partial charge in [0.15, 0.2) is 0 Å². The van der Waals surface area contributed by atoms with Crippen molar-refractivity contribution in [1.29, 1.82) is 0 Å². The van der Waals surface area contributed by atoms with Gasteiger partial charge in [0, 0.05) is 6.54 Å². The molecule has 6 heteroatoms. The number of aromatic nitrogens is 2. The molecule has 0 unspecified atom stereocenters. The number of hydrogen-bond acceptors (Lipinski definition) is 5. The van der Waals surface area contributed by atoms with Crippen LogP contribution in [0.3, 0.4) is 0 Å². The lowest BCUT2D eigenvalue weighted by molar-refractivity contribution is 0.194. The zero-order valence-electron chi connectivity index (χ0n) is 9.64. The van der Waals surface area contributed by atoms with E-state index in [0.29, 0.717) is 23.6 Å². The van der Waals surface area contributed by atoms with Crippen molar-refractivity contribution in [2.24, 2.45) is 0 Å². The third-order valence-corrected chi connectivity index (χ3v) is 3.50. The van der Waals surface area contributed by atoms with Gasteiger partial charge in [-0.05, 0) is 18.0 Å². The Morgan fingerprint density at radius 2 is 2.41 bits per heavy atom.